The zero-order valence-corrected chi connectivity index (χ0v) is 13.8. The Morgan fingerprint density at radius 1 is 1.00 bits per heavy atom. The van der Waals surface area contributed by atoms with Crippen molar-refractivity contribution in [1.82, 2.24) is 13.5 Å². The molecule has 0 radical (unpaired) electrons. The van der Waals surface area contributed by atoms with E-state index in [2.05, 4.69) is 0 Å². The van der Waals surface area contributed by atoms with Gasteiger partial charge in [0.2, 0.25) is 5.91 Å². The lowest BCUT2D eigenvalue weighted by atomic mass is 10.3. The molecule has 0 N–H and O–H groups in total. The molecule has 21 heavy (non-hydrogen) atoms. The first-order chi connectivity index (χ1) is 9.80. The lowest BCUT2D eigenvalue weighted by Crippen LogP contribution is -2.53. The molecule has 122 valence electrons. The average Bonchev–Trinajstić information content (AvgIpc) is 2.63. The second kappa shape index (κ2) is 6.60. The lowest BCUT2D eigenvalue weighted by molar-refractivity contribution is -0.128. The predicted molar refractivity (Wildman–Crippen MR) is 78.9 cm³/mol. The van der Waals surface area contributed by atoms with Crippen molar-refractivity contribution >= 4 is 16.1 Å². The number of rotatable bonds is 2. The Bertz CT molecular complexity index is 472. The molecular weight excluding hydrogens is 294 g/mol. The van der Waals surface area contributed by atoms with Crippen LogP contribution in [0.25, 0.3) is 0 Å². The highest BCUT2D eigenvalue weighted by Gasteiger charge is 2.36. The van der Waals surface area contributed by atoms with E-state index in [9.17, 15) is 13.2 Å². The second-order valence-corrected chi connectivity index (χ2v) is 7.77. The largest absolute Gasteiger partial charge is 0.373 e. The molecule has 0 aromatic heterocycles. The van der Waals surface area contributed by atoms with Crippen LogP contribution in [0.5, 0.6) is 0 Å². The fourth-order valence-corrected chi connectivity index (χ4v) is 4.72. The minimum atomic E-state index is -3.47. The van der Waals surface area contributed by atoms with E-state index in [-0.39, 0.29) is 18.1 Å². The monoisotopic (exact) mass is 319 g/mol. The maximum Gasteiger partial charge on any atom is 0.282 e. The van der Waals surface area contributed by atoms with Gasteiger partial charge in [0, 0.05) is 46.2 Å². The van der Waals surface area contributed by atoms with E-state index >= 15 is 0 Å². The summed E-state index contributed by atoms with van der Waals surface area (Å²) in [6.07, 6.45) is 0.488. The number of morpholine rings is 1. The van der Waals surface area contributed by atoms with Gasteiger partial charge in [-0.15, -0.1) is 0 Å². The SMILES string of the molecule is CC(=O)N1CCCN(S(=O)(=O)N2C[C@@H](C)O[C@H](C)C2)CC1. The van der Waals surface area contributed by atoms with Gasteiger partial charge in [0.15, 0.2) is 0 Å². The first-order valence-corrected chi connectivity index (χ1v) is 8.86. The molecule has 8 heteroatoms. The Balaban J connectivity index is 2.07. The highest BCUT2D eigenvalue weighted by atomic mass is 32.2. The van der Waals surface area contributed by atoms with Crippen LogP contribution in [0.4, 0.5) is 0 Å². The molecule has 2 aliphatic rings. The molecule has 2 rings (SSSR count). The van der Waals surface area contributed by atoms with Gasteiger partial charge in [-0.1, -0.05) is 0 Å². The van der Waals surface area contributed by atoms with Gasteiger partial charge < -0.3 is 9.64 Å². The summed E-state index contributed by atoms with van der Waals surface area (Å²) in [5.41, 5.74) is 0. The standard InChI is InChI=1S/C13H25N3O4S/c1-11-9-16(10-12(2)20-11)21(18,19)15-6-4-5-14(7-8-15)13(3)17/h11-12H,4-10H2,1-3H3/t11-,12-/m1/s1. The van der Waals surface area contributed by atoms with Crippen molar-refractivity contribution in [3.05, 3.63) is 0 Å². The minimum absolute atomic E-state index is 0.00265. The van der Waals surface area contributed by atoms with Crippen molar-refractivity contribution < 1.29 is 17.9 Å². The lowest BCUT2D eigenvalue weighted by Gasteiger charge is -2.37. The van der Waals surface area contributed by atoms with Gasteiger partial charge in [-0.2, -0.15) is 17.0 Å². The molecule has 0 aromatic rings. The van der Waals surface area contributed by atoms with Crippen LogP contribution >= 0.6 is 0 Å². The van der Waals surface area contributed by atoms with Crippen molar-refractivity contribution in [3.8, 4) is 0 Å². The molecule has 2 aliphatic heterocycles. The van der Waals surface area contributed by atoms with E-state index in [1.54, 1.807) is 4.90 Å². The molecule has 0 spiro atoms. The van der Waals surface area contributed by atoms with Gasteiger partial charge in [0.25, 0.3) is 10.2 Å². The van der Waals surface area contributed by atoms with Crippen LogP contribution in [0.3, 0.4) is 0 Å². The summed E-state index contributed by atoms with van der Waals surface area (Å²) in [5, 5.41) is 0. The van der Waals surface area contributed by atoms with E-state index in [4.69, 9.17) is 4.74 Å². The van der Waals surface area contributed by atoms with Gasteiger partial charge in [0.05, 0.1) is 12.2 Å². The van der Waals surface area contributed by atoms with Crippen LogP contribution in [-0.4, -0.2) is 79.3 Å². The first kappa shape index (κ1) is 16.7. The summed E-state index contributed by atoms with van der Waals surface area (Å²) < 4.78 is 34.1. The maximum absolute atomic E-state index is 12.8. The number of ether oxygens (including phenoxy) is 1. The third-order valence-electron chi connectivity index (χ3n) is 3.94. The number of hydrogen-bond donors (Lipinski definition) is 0. The van der Waals surface area contributed by atoms with Gasteiger partial charge >= 0.3 is 0 Å². The van der Waals surface area contributed by atoms with Crippen LogP contribution in [-0.2, 0) is 19.7 Å². The fraction of sp³-hybridized carbons (Fsp3) is 0.923. The summed E-state index contributed by atoms with van der Waals surface area (Å²) in [7, 11) is -3.47. The molecule has 0 aromatic carbocycles. The van der Waals surface area contributed by atoms with Crippen LogP contribution in [0.2, 0.25) is 0 Å². The molecular formula is C13H25N3O4S. The van der Waals surface area contributed by atoms with E-state index in [0.717, 1.165) is 0 Å². The normalized spacial score (nSPS) is 30.1. The van der Waals surface area contributed by atoms with Crippen molar-refractivity contribution in [2.75, 3.05) is 39.3 Å². The summed E-state index contributed by atoms with van der Waals surface area (Å²) in [6, 6.07) is 0. The Labute approximate surface area is 127 Å². The molecule has 1 amide bonds. The van der Waals surface area contributed by atoms with Crippen LogP contribution in [0.1, 0.15) is 27.2 Å². The maximum atomic E-state index is 12.8. The van der Waals surface area contributed by atoms with E-state index in [1.165, 1.54) is 15.5 Å². The number of hydrogen-bond acceptors (Lipinski definition) is 4. The highest BCUT2D eigenvalue weighted by molar-refractivity contribution is 7.86. The predicted octanol–water partition coefficient (Wildman–Crippen LogP) is -0.105. The summed E-state index contributed by atoms with van der Waals surface area (Å²) in [6.45, 7) is 7.99. The quantitative estimate of drug-likeness (QED) is 0.712. The molecule has 2 heterocycles. The van der Waals surface area contributed by atoms with Gasteiger partial charge in [-0.3, -0.25) is 4.79 Å². The molecule has 2 atom stereocenters. The Hall–Kier alpha value is -0.700. The molecule has 2 fully saturated rings. The third kappa shape index (κ3) is 3.94. The van der Waals surface area contributed by atoms with Gasteiger partial charge in [0.1, 0.15) is 0 Å². The third-order valence-corrected chi connectivity index (χ3v) is 5.91. The average molecular weight is 319 g/mol. The molecule has 0 aliphatic carbocycles. The van der Waals surface area contributed by atoms with Crippen LogP contribution in [0, 0.1) is 0 Å². The minimum Gasteiger partial charge on any atom is -0.373 e. The van der Waals surface area contributed by atoms with Gasteiger partial charge in [-0.25, -0.2) is 0 Å². The van der Waals surface area contributed by atoms with Crippen molar-refractivity contribution in [2.45, 2.75) is 39.4 Å². The Kier molecular flexibility index (Phi) is 5.24. The van der Waals surface area contributed by atoms with Crippen molar-refractivity contribution in [2.24, 2.45) is 0 Å². The van der Waals surface area contributed by atoms with E-state index < -0.39 is 10.2 Å². The summed E-state index contributed by atoms with van der Waals surface area (Å²) in [5.74, 6) is 0.00265. The zero-order chi connectivity index (χ0) is 15.6. The molecule has 2 saturated heterocycles. The van der Waals surface area contributed by atoms with E-state index in [1.807, 2.05) is 13.8 Å². The van der Waals surface area contributed by atoms with Crippen LogP contribution < -0.4 is 0 Å². The molecule has 7 nitrogen and oxygen atoms in total. The number of amides is 1. The second-order valence-electron chi connectivity index (χ2n) is 5.84. The zero-order valence-electron chi connectivity index (χ0n) is 13.0. The Morgan fingerprint density at radius 3 is 2.19 bits per heavy atom. The van der Waals surface area contributed by atoms with Crippen molar-refractivity contribution in [3.63, 3.8) is 0 Å². The topological polar surface area (TPSA) is 70.2 Å². The summed E-state index contributed by atoms with van der Waals surface area (Å²) in [4.78, 5) is 13.1. The fourth-order valence-electron chi connectivity index (χ4n) is 2.92. The van der Waals surface area contributed by atoms with E-state index in [0.29, 0.717) is 45.7 Å². The van der Waals surface area contributed by atoms with Crippen LogP contribution in [0.15, 0.2) is 0 Å². The molecule has 0 bridgehead atoms. The summed E-state index contributed by atoms with van der Waals surface area (Å²) >= 11 is 0. The first-order valence-electron chi connectivity index (χ1n) is 7.47. The highest BCUT2D eigenvalue weighted by Crippen LogP contribution is 2.18. The Morgan fingerprint density at radius 2 is 1.62 bits per heavy atom. The smallest absolute Gasteiger partial charge is 0.282 e. The van der Waals surface area contributed by atoms with Gasteiger partial charge in [-0.05, 0) is 20.3 Å². The number of carbonyl (C=O) groups excluding carboxylic acids is 1. The molecule has 0 unspecified atom stereocenters. The van der Waals surface area contributed by atoms with Crippen molar-refractivity contribution in [1.29, 1.82) is 0 Å². The molecule has 0 saturated carbocycles. The number of nitrogens with zero attached hydrogens (tertiary/aromatic N) is 3. The number of carbonyl (C=O) groups is 1.